The molecule has 0 saturated carbocycles. The van der Waals surface area contributed by atoms with Gasteiger partial charge in [-0.15, -0.1) is 0 Å². The van der Waals surface area contributed by atoms with Crippen LogP contribution in [0.2, 0.25) is 0 Å². The summed E-state index contributed by atoms with van der Waals surface area (Å²) in [6.45, 7) is 2.15. The number of hydrogen-bond donors (Lipinski definition) is 1. The van der Waals surface area contributed by atoms with Crippen LogP contribution in [0.3, 0.4) is 0 Å². The molecule has 0 aliphatic rings. The first-order valence-corrected chi connectivity index (χ1v) is 3.99. The summed E-state index contributed by atoms with van der Waals surface area (Å²) >= 11 is 0. The average Bonchev–Trinajstić information content (AvgIpc) is 1.87. The fraction of sp³-hybridized carbons (Fsp3) is 0.875. The lowest BCUT2D eigenvalue weighted by atomic mass is 10.2. The highest BCUT2D eigenvalue weighted by Crippen LogP contribution is 2.04. The van der Waals surface area contributed by atoms with Crippen LogP contribution in [0.15, 0.2) is 0 Å². The molecule has 0 fully saturated rings. The summed E-state index contributed by atoms with van der Waals surface area (Å²) in [5.74, 6) is -0.670. The first-order chi connectivity index (χ1) is 4.77. The van der Waals surface area contributed by atoms with Crippen LogP contribution >= 0.6 is 0 Å². The second-order valence-electron chi connectivity index (χ2n) is 2.56. The number of carboxylic acids is 1. The Morgan fingerprint density at radius 3 is 2.30 bits per heavy atom. The van der Waals surface area contributed by atoms with Crippen molar-refractivity contribution in [2.24, 2.45) is 0 Å². The molecule has 0 saturated heterocycles. The van der Waals surface area contributed by atoms with Crippen molar-refractivity contribution in [3.05, 3.63) is 0 Å². The highest BCUT2D eigenvalue weighted by molar-refractivity contribution is 5.66. The second kappa shape index (κ2) is 6.59. The van der Waals surface area contributed by atoms with Crippen molar-refractivity contribution in [2.45, 2.75) is 45.4 Å². The first-order valence-electron chi connectivity index (χ1n) is 3.99. The molecule has 0 amide bonds. The first kappa shape index (κ1) is 9.47. The molecule has 0 aliphatic heterocycles. The predicted molar refractivity (Wildman–Crippen MR) is 41.0 cm³/mol. The molecule has 0 aliphatic carbocycles. The molecule has 2 heteroatoms. The van der Waals surface area contributed by atoms with Crippen LogP contribution in [0, 0.1) is 0 Å². The van der Waals surface area contributed by atoms with Gasteiger partial charge in [0.15, 0.2) is 0 Å². The van der Waals surface area contributed by atoms with Crippen LogP contribution in [-0.4, -0.2) is 11.1 Å². The molecule has 0 aromatic carbocycles. The minimum absolute atomic E-state index is 0.337. The van der Waals surface area contributed by atoms with Gasteiger partial charge in [-0.2, -0.15) is 0 Å². The van der Waals surface area contributed by atoms with Crippen LogP contribution < -0.4 is 0 Å². The Morgan fingerprint density at radius 2 is 1.80 bits per heavy atom. The van der Waals surface area contributed by atoms with E-state index in [1.54, 1.807) is 0 Å². The maximum absolute atomic E-state index is 10.0. The third-order valence-corrected chi connectivity index (χ3v) is 1.49. The lowest BCUT2D eigenvalue weighted by molar-refractivity contribution is -0.137. The number of aliphatic carboxylic acids is 1. The van der Waals surface area contributed by atoms with E-state index in [9.17, 15) is 4.79 Å². The largest absolute Gasteiger partial charge is 0.481 e. The predicted octanol–water partition coefficient (Wildman–Crippen LogP) is 2.43. The maximum atomic E-state index is 10.0. The van der Waals surface area contributed by atoms with Gasteiger partial charge >= 0.3 is 5.97 Å². The van der Waals surface area contributed by atoms with Gasteiger partial charge in [-0.3, -0.25) is 4.79 Å². The summed E-state index contributed by atoms with van der Waals surface area (Å²) in [6, 6.07) is 0. The molecule has 60 valence electrons. The number of rotatable bonds is 6. The standard InChI is InChI=1S/C8H16O2/c1-2-3-4-5-6-7-8(9)10/h2-7H2,1H3,(H,9,10)/i7+1. The number of carbonyl (C=O) groups is 1. The molecule has 1 N–H and O–H groups in total. The van der Waals surface area contributed by atoms with Gasteiger partial charge in [-0.05, 0) is 6.42 Å². The van der Waals surface area contributed by atoms with Gasteiger partial charge in [0.05, 0.1) is 0 Å². The van der Waals surface area contributed by atoms with Crippen molar-refractivity contribution >= 4 is 5.97 Å². The molecular formula is C8H16O2. The fourth-order valence-electron chi connectivity index (χ4n) is 0.880. The zero-order valence-electron chi connectivity index (χ0n) is 6.60. The normalized spacial score (nSPS) is 9.70. The monoisotopic (exact) mass is 145 g/mol. The van der Waals surface area contributed by atoms with Crippen LogP contribution in [0.25, 0.3) is 0 Å². The summed E-state index contributed by atoms with van der Waals surface area (Å²) in [5.41, 5.74) is 0. The SMILES string of the molecule is CCCCCC[13CH2]C(=O)O. The molecule has 0 aromatic heterocycles. The molecule has 0 bridgehead atoms. The minimum Gasteiger partial charge on any atom is -0.481 e. The van der Waals surface area contributed by atoms with Gasteiger partial charge in [0.2, 0.25) is 0 Å². The summed E-state index contributed by atoms with van der Waals surface area (Å²) in [7, 11) is 0. The van der Waals surface area contributed by atoms with E-state index in [2.05, 4.69) is 6.92 Å². The average molecular weight is 145 g/mol. The molecular weight excluding hydrogens is 129 g/mol. The number of hydrogen-bond acceptors (Lipinski definition) is 1. The van der Waals surface area contributed by atoms with Crippen molar-refractivity contribution < 1.29 is 9.90 Å². The summed E-state index contributed by atoms with van der Waals surface area (Å²) in [6.07, 6.45) is 5.88. The third-order valence-electron chi connectivity index (χ3n) is 1.49. The maximum Gasteiger partial charge on any atom is 0.303 e. The number of unbranched alkanes of at least 4 members (excludes halogenated alkanes) is 4. The van der Waals surface area contributed by atoms with Crippen molar-refractivity contribution in [3.8, 4) is 0 Å². The Kier molecular flexibility index (Phi) is 6.24. The van der Waals surface area contributed by atoms with Crippen LogP contribution in [0.4, 0.5) is 0 Å². The van der Waals surface area contributed by atoms with E-state index in [4.69, 9.17) is 5.11 Å². The molecule has 0 rings (SSSR count). The second-order valence-corrected chi connectivity index (χ2v) is 2.56. The van der Waals surface area contributed by atoms with E-state index in [0.717, 1.165) is 12.8 Å². The van der Waals surface area contributed by atoms with Gasteiger partial charge in [0.1, 0.15) is 0 Å². The molecule has 2 nitrogen and oxygen atoms in total. The Balaban J connectivity index is 2.84. The van der Waals surface area contributed by atoms with Gasteiger partial charge in [-0.25, -0.2) is 0 Å². The van der Waals surface area contributed by atoms with Crippen molar-refractivity contribution in [1.82, 2.24) is 0 Å². The molecule has 0 aromatic rings. The molecule has 10 heavy (non-hydrogen) atoms. The molecule has 0 radical (unpaired) electrons. The van der Waals surface area contributed by atoms with Crippen LogP contribution in [-0.2, 0) is 4.79 Å². The smallest absolute Gasteiger partial charge is 0.303 e. The molecule has 0 heterocycles. The lowest BCUT2D eigenvalue weighted by Crippen LogP contribution is -1.93. The van der Waals surface area contributed by atoms with Gasteiger partial charge in [0.25, 0.3) is 0 Å². The summed E-state index contributed by atoms with van der Waals surface area (Å²) in [5, 5.41) is 8.27. The lowest BCUT2D eigenvalue weighted by Gasteiger charge is -1.95. The van der Waals surface area contributed by atoms with Crippen LogP contribution in [0.5, 0.6) is 0 Å². The molecule has 0 spiro atoms. The van der Waals surface area contributed by atoms with E-state index in [-0.39, 0.29) is 0 Å². The van der Waals surface area contributed by atoms with Crippen LogP contribution in [0.1, 0.15) is 45.4 Å². The van der Waals surface area contributed by atoms with E-state index in [1.165, 1.54) is 19.3 Å². The summed E-state index contributed by atoms with van der Waals surface area (Å²) in [4.78, 5) is 10.0. The Labute approximate surface area is 62.2 Å². The van der Waals surface area contributed by atoms with E-state index in [1.807, 2.05) is 0 Å². The van der Waals surface area contributed by atoms with Gasteiger partial charge in [0, 0.05) is 6.42 Å². The highest BCUT2D eigenvalue weighted by Gasteiger charge is 1.94. The molecule has 0 atom stereocenters. The van der Waals surface area contributed by atoms with Crippen molar-refractivity contribution in [3.63, 3.8) is 0 Å². The fourth-order valence-corrected chi connectivity index (χ4v) is 0.880. The zero-order chi connectivity index (χ0) is 7.82. The third kappa shape index (κ3) is 7.47. The van der Waals surface area contributed by atoms with Gasteiger partial charge in [-0.1, -0.05) is 32.6 Å². The van der Waals surface area contributed by atoms with E-state index in [0.29, 0.717) is 6.42 Å². The minimum atomic E-state index is -0.670. The summed E-state index contributed by atoms with van der Waals surface area (Å²) < 4.78 is 0. The molecule has 0 unspecified atom stereocenters. The van der Waals surface area contributed by atoms with Crippen molar-refractivity contribution in [1.29, 1.82) is 0 Å². The zero-order valence-corrected chi connectivity index (χ0v) is 6.60. The van der Waals surface area contributed by atoms with Crippen molar-refractivity contribution in [2.75, 3.05) is 0 Å². The van der Waals surface area contributed by atoms with E-state index < -0.39 is 5.97 Å². The highest BCUT2D eigenvalue weighted by atomic mass is 16.4. The number of carboxylic acid groups (broad SMARTS) is 1. The quantitative estimate of drug-likeness (QED) is 0.460. The Bertz CT molecular complexity index is 89.3. The topological polar surface area (TPSA) is 37.3 Å². The Morgan fingerprint density at radius 1 is 1.20 bits per heavy atom. The van der Waals surface area contributed by atoms with E-state index >= 15 is 0 Å². The Hall–Kier alpha value is -0.530. The van der Waals surface area contributed by atoms with Gasteiger partial charge < -0.3 is 5.11 Å².